The van der Waals surface area contributed by atoms with Crippen LogP contribution in [0.3, 0.4) is 0 Å². The van der Waals surface area contributed by atoms with E-state index in [0.29, 0.717) is 35.4 Å². The highest BCUT2D eigenvalue weighted by molar-refractivity contribution is 6.07. The van der Waals surface area contributed by atoms with Crippen molar-refractivity contribution < 1.29 is 14.4 Å². The number of aliphatic imine (C=N–C) groups is 1. The van der Waals surface area contributed by atoms with Gasteiger partial charge in [0, 0.05) is 49.5 Å². The van der Waals surface area contributed by atoms with Crippen LogP contribution in [0.2, 0.25) is 0 Å². The molecule has 39 heavy (non-hydrogen) atoms. The molecule has 0 bridgehead atoms. The van der Waals surface area contributed by atoms with Gasteiger partial charge >= 0.3 is 0 Å². The molecule has 3 aliphatic rings. The maximum absolute atomic E-state index is 13.5. The number of pyridine rings is 1. The van der Waals surface area contributed by atoms with E-state index in [2.05, 4.69) is 20.7 Å². The van der Waals surface area contributed by atoms with Crippen LogP contribution in [0.1, 0.15) is 81.4 Å². The molecule has 2 saturated heterocycles. The zero-order valence-corrected chi connectivity index (χ0v) is 23.4. The molecule has 2 atom stereocenters. The van der Waals surface area contributed by atoms with E-state index in [-0.39, 0.29) is 42.1 Å². The quantitative estimate of drug-likeness (QED) is 0.589. The van der Waals surface area contributed by atoms with Crippen molar-refractivity contribution in [2.45, 2.75) is 65.3 Å². The van der Waals surface area contributed by atoms with Crippen molar-refractivity contribution in [1.29, 1.82) is 0 Å². The lowest BCUT2D eigenvalue weighted by atomic mass is 9.90. The first-order valence-corrected chi connectivity index (χ1v) is 14.2. The number of likely N-dealkylation sites (tertiary alicyclic amines) is 1. The van der Waals surface area contributed by atoms with Crippen LogP contribution in [0.4, 0.5) is 0 Å². The van der Waals surface area contributed by atoms with Crippen LogP contribution >= 0.6 is 0 Å². The molecule has 0 radical (unpaired) electrons. The van der Waals surface area contributed by atoms with Gasteiger partial charge in [0.05, 0.1) is 29.0 Å². The van der Waals surface area contributed by atoms with Gasteiger partial charge in [-0.15, -0.1) is 0 Å². The van der Waals surface area contributed by atoms with E-state index >= 15 is 0 Å². The first-order chi connectivity index (χ1) is 18.7. The van der Waals surface area contributed by atoms with E-state index in [1.54, 1.807) is 13.1 Å². The summed E-state index contributed by atoms with van der Waals surface area (Å²) < 4.78 is 1.85. The molecule has 2 unspecified atom stereocenters. The monoisotopic (exact) mass is 533 g/mol. The number of nitrogens with zero attached hydrogens (tertiary/aromatic N) is 5. The molecule has 208 valence electrons. The summed E-state index contributed by atoms with van der Waals surface area (Å²) in [5.74, 6) is -0.475. The number of rotatable bonds is 6. The number of hydrogen-bond acceptors (Lipinski definition) is 6. The molecule has 0 aliphatic carbocycles. The Hall–Kier alpha value is -3.40. The van der Waals surface area contributed by atoms with Gasteiger partial charge in [-0.1, -0.05) is 5.57 Å². The number of hydrogen-bond donors (Lipinski definition) is 2. The van der Waals surface area contributed by atoms with E-state index in [9.17, 15) is 14.4 Å². The Kier molecular flexibility index (Phi) is 7.93. The average molecular weight is 534 g/mol. The highest BCUT2D eigenvalue weighted by Gasteiger charge is 2.31. The number of amides is 3. The Labute approximate surface area is 229 Å². The average Bonchev–Trinajstić information content (AvgIpc) is 3.36. The normalized spacial score (nSPS) is 22.7. The fourth-order valence-electron chi connectivity index (χ4n) is 5.98. The second kappa shape index (κ2) is 11.4. The molecular formula is C29H39N7O3. The summed E-state index contributed by atoms with van der Waals surface area (Å²) in [7, 11) is 0. The van der Waals surface area contributed by atoms with Crippen molar-refractivity contribution in [3.05, 3.63) is 35.2 Å². The van der Waals surface area contributed by atoms with Crippen molar-refractivity contribution >= 4 is 34.5 Å². The Balaban J connectivity index is 1.35. The summed E-state index contributed by atoms with van der Waals surface area (Å²) in [5, 5.41) is 11.5. The number of piperidine rings is 2. The standard InChI is InChI=1S/C29H39N7O3/c1-17(2)36-26-24(16-32-36)22(27(37)31-15-23-18(3)12-19(4)33-28(23)38)13-25(34-26)20-7-10-35(11-8-20)29(39)21-6-5-9-30-14-21/h12-13,16-17,20-21,23,30H,5-11,14-15H2,1-4H3,(H,31,37). The number of dihydropyridines is 1. The Morgan fingerprint density at radius 1 is 1.18 bits per heavy atom. The van der Waals surface area contributed by atoms with Gasteiger partial charge in [-0.25, -0.2) is 14.7 Å². The van der Waals surface area contributed by atoms with Crippen molar-refractivity contribution in [2.75, 3.05) is 32.7 Å². The van der Waals surface area contributed by atoms with Crippen LogP contribution in [-0.4, -0.2) is 75.8 Å². The summed E-state index contributed by atoms with van der Waals surface area (Å²) in [6.07, 6.45) is 7.19. The van der Waals surface area contributed by atoms with E-state index < -0.39 is 5.92 Å². The molecule has 0 aromatic carbocycles. The number of carbonyl (C=O) groups is 3. The summed E-state index contributed by atoms with van der Waals surface area (Å²) in [5.41, 5.74) is 3.63. The Morgan fingerprint density at radius 3 is 2.62 bits per heavy atom. The molecule has 0 spiro atoms. The third-order valence-electron chi connectivity index (χ3n) is 8.23. The van der Waals surface area contributed by atoms with Crippen LogP contribution < -0.4 is 10.6 Å². The van der Waals surface area contributed by atoms with Gasteiger partial charge in [0.2, 0.25) is 5.91 Å². The lowest BCUT2D eigenvalue weighted by Gasteiger charge is -2.35. The summed E-state index contributed by atoms with van der Waals surface area (Å²) in [6, 6.07) is 1.96. The number of allylic oxidation sites excluding steroid dienone is 1. The fraction of sp³-hybridized carbons (Fsp3) is 0.586. The van der Waals surface area contributed by atoms with Gasteiger partial charge in [0.15, 0.2) is 5.65 Å². The van der Waals surface area contributed by atoms with Crippen molar-refractivity contribution in [2.24, 2.45) is 16.8 Å². The maximum Gasteiger partial charge on any atom is 0.254 e. The van der Waals surface area contributed by atoms with E-state index in [1.807, 2.05) is 42.5 Å². The molecule has 3 aliphatic heterocycles. The van der Waals surface area contributed by atoms with Crippen LogP contribution in [0.5, 0.6) is 0 Å². The molecule has 3 amide bonds. The summed E-state index contributed by atoms with van der Waals surface area (Å²) >= 11 is 0. The largest absolute Gasteiger partial charge is 0.351 e. The number of nitrogens with one attached hydrogen (secondary N) is 2. The number of aromatic nitrogens is 3. The van der Waals surface area contributed by atoms with Gasteiger partial charge in [-0.2, -0.15) is 5.10 Å². The fourth-order valence-corrected chi connectivity index (χ4v) is 5.98. The summed E-state index contributed by atoms with van der Waals surface area (Å²) in [6.45, 7) is 11.1. The van der Waals surface area contributed by atoms with Gasteiger partial charge in [-0.05, 0) is 72.1 Å². The SMILES string of the molecule is CC1=CC(C)=NC(=O)C1CNC(=O)c1cc(C2CCN(C(=O)C3CCCNC3)CC2)nc2c1cnn2C(C)C. The molecule has 10 nitrogen and oxygen atoms in total. The maximum atomic E-state index is 13.5. The second-order valence-corrected chi connectivity index (χ2v) is 11.4. The lowest BCUT2D eigenvalue weighted by Crippen LogP contribution is -2.45. The predicted octanol–water partition coefficient (Wildman–Crippen LogP) is 3.01. The van der Waals surface area contributed by atoms with Crippen LogP contribution in [-0.2, 0) is 9.59 Å². The molecule has 2 aromatic rings. The van der Waals surface area contributed by atoms with Gasteiger partial charge < -0.3 is 15.5 Å². The van der Waals surface area contributed by atoms with Gasteiger partial charge in [-0.3, -0.25) is 14.4 Å². The van der Waals surface area contributed by atoms with Crippen molar-refractivity contribution in [3.8, 4) is 0 Å². The molecule has 2 N–H and O–H groups in total. The minimum absolute atomic E-state index is 0.0737. The topological polar surface area (TPSA) is 122 Å². The van der Waals surface area contributed by atoms with Gasteiger partial charge in [0.1, 0.15) is 0 Å². The third-order valence-corrected chi connectivity index (χ3v) is 8.23. The first-order valence-electron chi connectivity index (χ1n) is 14.2. The first kappa shape index (κ1) is 27.2. The number of carbonyl (C=O) groups excluding carboxylic acids is 3. The minimum atomic E-state index is -0.464. The van der Waals surface area contributed by atoms with Crippen LogP contribution in [0.15, 0.2) is 28.9 Å². The third kappa shape index (κ3) is 5.66. The number of fused-ring (bicyclic) bond motifs is 1. The van der Waals surface area contributed by atoms with E-state index in [4.69, 9.17) is 4.98 Å². The lowest BCUT2D eigenvalue weighted by molar-refractivity contribution is -0.137. The highest BCUT2D eigenvalue weighted by atomic mass is 16.2. The van der Waals surface area contributed by atoms with Crippen molar-refractivity contribution in [3.63, 3.8) is 0 Å². The van der Waals surface area contributed by atoms with E-state index in [1.165, 1.54) is 0 Å². The molecular weight excluding hydrogens is 494 g/mol. The zero-order chi connectivity index (χ0) is 27.7. The Bertz CT molecular complexity index is 1330. The Morgan fingerprint density at radius 2 is 1.95 bits per heavy atom. The molecule has 5 rings (SSSR count). The minimum Gasteiger partial charge on any atom is -0.351 e. The molecule has 10 heteroatoms. The van der Waals surface area contributed by atoms with Crippen molar-refractivity contribution in [1.82, 2.24) is 30.3 Å². The molecule has 2 aromatic heterocycles. The molecule has 5 heterocycles. The van der Waals surface area contributed by atoms with Crippen LogP contribution in [0, 0.1) is 11.8 Å². The van der Waals surface area contributed by atoms with E-state index in [0.717, 1.165) is 50.0 Å². The highest BCUT2D eigenvalue weighted by Crippen LogP contribution is 2.31. The predicted molar refractivity (Wildman–Crippen MR) is 150 cm³/mol. The van der Waals surface area contributed by atoms with Gasteiger partial charge in [0.25, 0.3) is 11.8 Å². The summed E-state index contributed by atoms with van der Waals surface area (Å²) in [4.78, 5) is 50.0. The smallest absolute Gasteiger partial charge is 0.254 e. The van der Waals surface area contributed by atoms with Crippen LogP contribution in [0.25, 0.3) is 11.0 Å². The second-order valence-electron chi connectivity index (χ2n) is 11.4. The molecule has 2 fully saturated rings. The zero-order valence-electron chi connectivity index (χ0n) is 23.4. The molecule has 0 saturated carbocycles.